The van der Waals surface area contributed by atoms with Crippen molar-refractivity contribution in [1.29, 1.82) is 0 Å². The van der Waals surface area contributed by atoms with Crippen molar-refractivity contribution in [2.24, 2.45) is 0 Å². The van der Waals surface area contributed by atoms with Crippen molar-refractivity contribution in [3.8, 4) is 0 Å². The molecule has 2 aromatic rings. The van der Waals surface area contributed by atoms with Crippen LogP contribution in [0.3, 0.4) is 0 Å². The first-order valence-electron chi connectivity index (χ1n) is 19.6. The van der Waals surface area contributed by atoms with Gasteiger partial charge in [0.15, 0.2) is 0 Å². The number of nitrogens with zero attached hydrogens (tertiary/aromatic N) is 2. The topological polar surface area (TPSA) is 6.48 Å². The van der Waals surface area contributed by atoms with Crippen molar-refractivity contribution in [2.45, 2.75) is 168 Å². The first kappa shape index (κ1) is 48.3. The van der Waals surface area contributed by atoms with Crippen molar-refractivity contribution in [3.63, 3.8) is 0 Å². The molecule has 0 aliphatic rings. The van der Waals surface area contributed by atoms with Crippen LogP contribution >= 0.6 is 24.4 Å². The number of unbranched alkanes of at least 4 members (excludes halogenated alkanes) is 22. The molecule has 0 atom stereocenters. The van der Waals surface area contributed by atoms with E-state index in [0.717, 1.165) is 24.5 Å². The summed E-state index contributed by atoms with van der Waals surface area (Å²) in [5.74, 6) is 0. The molecule has 2 aromatic carbocycles. The number of hydrogen-bond acceptors (Lipinski definition) is 4. The summed E-state index contributed by atoms with van der Waals surface area (Å²) < 4.78 is 1.12. The fourth-order valence-corrected chi connectivity index (χ4v) is 6.88. The molecule has 0 saturated heterocycles. The van der Waals surface area contributed by atoms with Gasteiger partial charge in [-0.05, 0) is 37.1 Å². The summed E-state index contributed by atoms with van der Waals surface area (Å²) in [5, 5.41) is 0. The van der Waals surface area contributed by atoms with Gasteiger partial charge in [-0.25, -0.2) is 0 Å². The molecule has 0 amide bonds. The summed E-state index contributed by atoms with van der Waals surface area (Å²) in [7, 11) is 0. The largest absolute Gasteiger partial charge is 2.00 e. The van der Waals surface area contributed by atoms with Gasteiger partial charge < -0.3 is 59.5 Å². The Morgan fingerprint density at radius 2 is 0.633 bits per heavy atom. The number of benzene rings is 2. The first-order chi connectivity index (χ1) is 23.5. The Balaban J connectivity index is 0.000000922. The molecule has 49 heavy (non-hydrogen) atoms. The zero-order valence-electron chi connectivity index (χ0n) is 31.4. The van der Waals surface area contributed by atoms with E-state index in [1.807, 2.05) is 36.4 Å². The van der Waals surface area contributed by atoms with Gasteiger partial charge in [0.1, 0.15) is 0 Å². The quantitative estimate of drug-likeness (QED) is 0.0364. The van der Waals surface area contributed by atoms with Gasteiger partial charge in [-0.2, -0.15) is 0 Å². The second-order valence-electron chi connectivity index (χ2n) is 13.3. The molecule has 0 unspecified atom stereocenters. The maximum Gasteiger partial charge on any atom is 2.00 e. The van der Waals surface area contributed by atoms with Crippen molar-refractivity contribution >= 4 is 69.7 Å². The van der Waals surface area contributed by atoms with Gasteiger partial charge >= 0.3 is 19.5 Å². The molecule has 0 aliphatic carbocycles. The molecule has 0 saturated carbocycles. The molecule has 2 rings (SSSR count). The first-order valence-corrected chi connectivity index (χ1v) is 21.2. The Bertz CT molecular complexity index is 927. The maximum atomic E-state index is 5.23. The summed E-state index contributed by atoms with van der Waals surface area (Å²) in [6.07, 6.45) is 32.9. The smallest absolute Gasteiger partial charge is 0.411 e. The maximum absolute atomic E-state index is 5.23. The third kappa shape index (κ3) is 27.6. The average molecular weight is 795 g/mol. The van der Waals surface area contributed by atoms with E-state index in [-0.39, 0.29) is 19.5 Å². The zero-order chi connectivity index (χ0) is 34.9. The van der Waals surface area contributed by atoms with Crippen LogP contribution in [0.2, 0.25) is 0 Å². The molecular weight excluding hydrogens is 726 g/mol. The molecule has 2 nitrogen and oxygen atoms in total. The van der Waals surface area contributed by atoms with Gasteiger partial charge in [0, 0.05) is 24.5 Å². The second-order valence-corrected chi connectivity index (χ2v) is 15.3. The van der Waals surface area contributed by atoms with Gasteiger partial charge in [0.25, 0.3) is 0 Å². The Hall–Kier alpha value is -0.717. The molecular formula is C42H68N2S4Zn. The summed E-state index contributed by atoms with van der Waals surface area (Å²) in [5.41, 5.74) is 2.25. The molecule has 0 bridgehead atoms. The summed E-state index contributed by atoms with van der Waals surface area (Å²) in [6, 6.07) is 20.5. The molecule has 0 radical (unpaired) electrons. The number of para-hydroxylation sites is 2. The molecule has 0 aromatic heterocycles. The van der Waals surface area contributed by atoms with E-state index < -0.39 is 0 Å². The molecule has 0 fully saturated rings. The fourth-order valence-electron chi connectivity index (χ4n) is 6.09. The molecule has 0 spiro atoms. The van der Waals surface area contributed by atoms with Crippen LogP contribution in [0.1, 0.15) is 168 Å². The summed E-state index contributed by atoms with van der Waals surface area (Å²) >= 11 is 20.9. The molecule has 0 N–H and O–H groups in total. The Labute approximate surface area is 338 Å². The molecule has 0 aliphatic heterocycles. The standard InChI is InChI=1S/2C21H35NS2.Zn/c2*1-2-3-4-5-6-7-8-9-10-11-12-16-19-22(21(23)24)20-17-14-13-15-18-20;/h2*13-15,17-18H,2-12,16,19H2,1H3,(H,23,24);/q;;+2/p-2. The van der Waals surface area contributed by atoms with E-state index in [9.17, 15) is 0 Å². The van der Waals surface area contributed by atoms with Gasteiger partial charge in [0.05, 0.1) is 0 Å². The van der Waals surface area contributed by atoms with E-state index in [0.29, 0.717) is 8.64 Å². The van der Waals surface area contributed by atoms with Gasteiger partial charge in [0.2, 0.25) is 0 Å². The fraction of sp³-hybridized carbons (Fsp3) is 0.667. The minimum atomic E-state index is 0. The van der Waals surface area contributed by atoms with Crippen LogP contribution in [0.15, 0.2) is 60.7 Å². The second kappa shape index (κ2) is 35.7. The zero-order valence-corrected chi connectivity index (χ0v) is 37.6. The van der Waals surface area contributed by atoms with Crippen molar-refractivity contribution in [2.75, 3.05) is 22.9 Å². The Morgan fingerprint density at radius 1 is 0.408 bits per heavy atom. The van der Waals surface area contributed by atoms with Crippen LogP contribution in [0, 0.1) is 0 Å². The van der Waals surface area contributed by atoms with E-state index in [1.165, 1.54) is 154 Å². The van der Waals surface area contributed by atoms with E-state index in [4.69, 9.17) is 49.7 Å². The number of anilines is 2. The predicted molar refractivity (Wildman–Crippen MR) is 230 cm³/mol. The monoisotopic (exact) mass is 792 g/mol. The van der Waals surface area contributed by atoms with Crippen molar-refractivity contribution in [1.82, 2.24) is 0 Å². The van der Waals surface area contributed by atoms with Crippen LogP contribution < -0.4 is 9.80 Å². The average Bonchev–Trinajstić information content (AvgIpc) is 3.09. The van der Waals surface area contributed by atoms with E-state index in [1.54, 1.807) is 0 Å². The van der Waals surface area contributed by atoms with Crippen LogP contribution in [0.4, 0.5) is 11.4 Å². The van der Waals surface area contributed by atoms with Crippen molar-refractivity contribution < 1.29 is 19.5 Å². The van der Waals surface area contributed by atoms with Crippen molar-refractivity contribution in [3.05, 3.63) is 60.7 Å². The van der Waals surface area contributed by atoms with Crippen LogP contribution in [0.25, 0.3) is 0 Å². The minimum Gasteiger partial charge on any atom is -0.411 e. The third-order valence-electron chi connectivity index (χ3n) is 9.05. The SMILES string of the molecule is CCCCCCCCCCCCCCN(C(=S)[S-])c1ccccc1.CCCCCCCCCCCCCCN(C(=S)[S-])c1ccccc1.[Zn+2]. The third-order valence-corrected chi connectivity index (χ3v) is 9.93. The Kier molecular flexibility index (Phi) is 35.2. The predicted octanol–water partition coefficient (Wildman–Crippen LogP) is 14.0. The molecule has 7 heteroatoms. The molecule has 272 valence electrons. The van der Waals surface area contributed by atoms with Gasteiger partial charge in [-0.3, -0.25) is 0 Å². The van der Waals surface area contributed by atoms with Gasteiger partial charge in [-0.1, -0.05) is 200 Å². The number of hydrogen-bond donors (Lipinski definition) is 0. The van der Waals surface area contributed by atoms with Crippen LogP contribution in [-0.4, -0.2) is 21.7 Å². The summed E-state index contributed by atoms with van der Waals surface area (Å²) in [4.78, 5) is 4.17. The van der Waals surface area contributed by atoms with E-state index in [2.05, 4.69) is 47.9 Å². The van der Waals surface area contributed by atoms with E-state index >= 15 is 0 Å². The molecule has 0 heterocycles. The normalized spacial score (nSPS) is 10.5. The minimum absolute atomic E-state index is 0. The van der Waals surface area contributed by atoms with Crippen LogP contribution in [-0.2, 0) is 44.7 Å². The summed E-state index contributed by atoms with van der Waals surface area (Å²) in [6.45, 7) is 6.45. The van der Waals surface area contributed by atoms with Crippen LogP contribution in [0.5, 0.6) is 0 Å². The Morgan fingerprint density at radius 3 is 0.857 bits per heavy atom. The number of rotatable bonds is 28. The van der Waals surface area contributed by atoms with Gasteiger partial charge in [-0.15, -0.1) is 0 Å². The number of thiocarbonyl (C=S) groups is 2.